The van der Waals surface area contributed by atoms with Gasteiger partial charge in [-0.3, -0.25) is 4.79 Å². The highest BCUT2D eigenvalue weighted by Crippen LogP contribution is 2.25. The molecular formula is C20H16BrClN4OS. The minimum Gasteiger partial charge on any atom is -0.352 e. The maximum Gasteiger partial charge on any atom is 0.251 e. The fraction of sp³-hybridized carbons (Fsp3) is 0.150. The first-order chi connectivity index (χ1) is 13.5. The van der Waals surface area contributed by atoms with Crippen molar-refractivity contribution in [3.63, 3.8) is 0 Å². The van der Waals surface area contributed by atoms with Crippen molar-refractivity contribution in [2.24, 2.45) is 0 Å². The van der Waals surface area contributed by atoms with Gasteiger partial charge in [0.1, 0.15) is 0 Å². The maximum absolute atomic E-state index is 12.2. The van der Waals surface area contributed by atoms with Crippen LogP contribution < -0.4 is 5.32 Å². The fourth-order valence-electron chi connectivity index (χ4n) is 2.83. The van der Waals surface area contributed by atoms with Gasteiger partial charge in [-0.1, -0.05) is 38.9 Å². The maximum atomic E-state index is 12.2. The second-order valence-electron chi connectivity index (χ2n) is 6.26. The Balaban J connectivity index is 1.44. The number of aryl methyl sites for hydroxylation is 1. The number of nitrogens with zero attached hydrogens (tertiary/aromatic N) is 3. The topological polar surface area (TPSA) is 59.3 Å². The molecule has 0 unspecified atom stereocenters. The summed E-state index contributed by atoms with van der Waals surface area (Å²) in [6, 6.07) is 14.8. The lowest BCUT2D eigenvalue weighted by molar-refractivity contribution is 0.0954. The van der Waals surface area contributed by atoms with Gasteiger partial charge in [0.25, 0.3) is 5.91 Å². The molecule has 4 aromatic rings. The van der Waals surface area contributed by atoms with Gasteiger partial charge in [-0.15, -0.1) is 5.10 Å². The highest BCUT2D eigenvalue weighted by Gasteiger charge is 2.14. The van der Waals surface area contributed by atoms with Gasteiger partial charge < -0.3 is 5.32 Å². The van der Waals surface area contributed by atoms with Crippen molar-refractivity contribution in [2.75, 3.05) is 6.54 Å². The molecule has 2 heterocycles. The van der Waals surface area contributed by atoms with Gasteiger partial charge >= 0.3 is 0 Å². The summed E-state index contributed by atoms with van der Waals surface area (Å²) in [5.74, 6) is 0.607. The smallest absolute Gasteiger partial charge is 0.251 e. The number of benzene rings is 2. The van der Waals surface area contributed by atoms with Crippen molar-refractivity contribution in [3.8, 4) is 11.4 Å². The third-order valence-electron chi connectivity index (χ3n) is 4.36. The number of nitrogens with one attached hydrogen (secondary N) is 1. The predicted octanol–water partition coefficient (Wildman–Crippen LogP) is 5.15. The van der Waals surface area contributed by atoms with E-state index in [1.807, 2.05) is 47.8 Å². The largest absolute Gasteiger partial charge is 0.352 e. The van der Waals surface area contributed by atoms with Crippen molar-refractivity contribution < 1.29 is 4.79 Å². The number of carbonyl (C=O) groups excluding carboxylic acids is 1. The van der Waals surface area contributed by atoms with Crippen LogP contribution in [0.15, 0.2) is 53.0 Å². The van der Waals surface area contributed by atoms with E-state index in [2.05, 4.69) is 31.3 Å². The zero-order valence-electron chi connectivity index (χ0n) is 14.9. The first-order valence-corrected chi connectivity index (χ1v) is 10.6. The number of rotatable bonds is 5. The summed E-state index contributed by atoms with van der Waals surface area (Å²) in [6.07, 6.45) is 0.736. The molecule has 0 atom stereocenters. The molecule has 2 aromatic carbocycles. The number of hydrogen-bond acceptors (Lipinski definition) is 4. The molecule has 0 saturated heterocycles. The molecule has 142 valence electrons. The molecule has 0 bridgehead atoms. The van der Waals surface area contributed by atoms with Crippen molar-refractivity contribution in [3.05, 3.63) is 74.2 Å². The third-order valence-corrected chi connectivity index (χ3v) is 6.33. The van der Waals surface area contributed by atoms with E-state index < -0.39 is 0 Å². The summed E-state index contributed by atoms with van der Waals surface area (Å²) in [5, 5.41) is 8.26. The Kier molecular flexibility index (Phi) is 5.48. The van der Waals surface area contributed by atoms with E-state index in [4.69, 9.17) is 11.6 Å². The summed E-state index contributed by atoms with van der Waals surface area (Å²) in [7, 11) is 0. The molecule has 4 rings (SSSR count). The lowest BCUT2D eigenvalue weighted by atomic mass is 10.2. The number of fused-ring (bicyclic) bond motifs is 1. The zero-order chi connectivity index (χ0) is 19.7. The minimum absolute atomic E-state index is 0.0744. The SMILES string of the molecule is Cc1c(CCNC(=O)c2ccc(Br)cc2)sc2nc(-c3ccc(Cl)cc3)nn12. The van der Waals surface area contributed by atoms with E-state index >= 15 is 0 Å². The lowest BCUT2D eigenvalue weighted by Gasteiger charge is -2.05. The van der Waals surface area contributed by atoms with Crippen LogP contribution in [0, 0.1) is 6.92 Å². The fourth-order valence-corrected chi connectivity index (χ4v) is 4.28. The van der Waals surface area contributed by atoms with Crippen LogP contribution in [0.2, 0.25) is 5.02 Å². The summed E-state index contributed by atoms with van der Waals surface area (Å²) < 4.78 is 2.81. The Bertz CT molecular complexity index is 1140. The van der Waals surface area contributed by atoms with Crippen molar-refractivity contribution in [1.82, 2.24) is 19.9 Å². The standard InChI is InChI=1S/C20H16BrClN4OS/c1-12-17(10-11-23-19(27)14-2-6-15(21)7-3-14)28-20-24-18(25-26(12)20)13-4-8-16(22)9-5-13/h2-9H,10-11H2,1H3,(H,23,27). The van der Waals surface area contributed by atoms with Crippen LogP contribution in [0.1, 0.15) is 20.9 Å². The van der Waals surface area contributed by atoms with Crippen molar-refractivity contribution >= 4 is 49.7 Å². The van der Waals surface area contributed by atoms with Crippen LogP contribution in [0.3, 0.4) is 0 Å². The van der Waals surface area contributed by atoms with E-state index in [0.717, 1.165) is 32.0 Å². The highest BCUT2D eigenvalue weighted by molar-refractivity contribution is 9.10. The van der Waals surface area contributed by atoms with E-state index in [-0.39, 0.29) is 5.91 Å². The molecule has 1 amide bonds. The third kappa shape index (κ3) is 3.97. The second kappa shape index (κ2) is 8.03. The predicted molar refractivity (Wildman–Crippen MR) is 116 cm³/mol. The summed E-state index contributed by atoms with van der Waals surface area (Å²) in [6.45, 7) is 2.58. The molecule has 0 radical (unpaired) electrons. The van der Waals surface area contributed by atoms with Gasteiger partial charge in [0.2, 0.25) is 4.96 Å². The molecule has 0 saturated carbocycles. The summed E-state index contributed by atoms with van der Waals surface area (Å²) in [5.41, 5.74) is 2.63. The summed E-state index contributed by atoms with van der Waals surface area (Å²) >= 11 is 10.9. The molecule has 0 aliphatic carbocycles. The zero-order valence-corrected chi connectivity index (χ0v) is 18.1. The number of halogens is 2. The quantitative estimate of drug-likeness (QED) is 0.434. The van der Waals surface area contributed by atoms with Gasteiger partial charge in [0.05, 0.1) is 5.69 Å². The monoisotopic (exact) mass is 474 g/mol. The van der Waals surface area contributed by atoms with E-state index in [9.17, 15) is 4.79 Å². The number of hydrogen-bond donors (Lipinski definition) is 1. The Morgan fingerprint density at radius 2 is 1.89 bits per heavy atom. The van der Waals surface area contributed by atoms with E-state index in [0.29, 0.717) is 23.0 Å². The van der Waals surface area contributed by atoms with Crippen LogP contribution >= 0.6 is 38.9 Å². The first kappa shape index (κ1) is 19.1. The Labute approximate surface area is 179 Å². The van der Waals surface area contributed by atoms with Crippen molar-refractivity contribution in [2.45, 2.75) is 13.3 Å². The number of aromatic nitrogens is 3. The minimum atomic E-state index is -0.0744. The lowest BCUT2D eigenvalue weighted by Crippen LogP contribution is -2.25. The molecule has 1 N–H and O–H groups in total. The van der Waals surface area contributed by atoms with Crippen LogP contribution in [0.25, 0.3) is 16.3 Å². The molecule has 8 heteroatoms. The molecule has 0 spiro atoms. The second-order valence-corrected chi connectivity index (χ2v) is 8.67. The summed E-state index contributed by atoms with van der Waals surface area (Å²) in [4.78, 5) is 18.9. The van der Waals surface area contributed by atoms with Crippen LogP contribution in [0.5, 0.6) is 0 Å². The van der Waals surface area contributed by atoms with Crippen LogP contribution in [-0.2, 0) is 6.42 Å². The number of thiazole rings is 1. The normalized spacial score (nSPS) is 11.1. The Morgan fingerprint density at radius 1 is 1.18 bits per heavy atom. The molecular weight excluding hydrogens is 460 g/mol. The molecule has 5 nitrogen and oxygen atoms in total. The van der Waals surface area contributed by atoms with Gasteiger partial charge in [-0.25, -0.2) is 4.52 Å². The van der Waals surface area contributed by atoms with Crippen LogP contribution in [0.4, 0.5) is 0 Å². The molecule has 0 aliphatic heterocycles. The Hall–Kier alpha value is -2.22. The van der Waals surface area contributed by atoms with Gasteiger partial charge in [-0.2, -0.15) is 4.98 Å². The van der Waals surface area contributed by atoms with Gasteiger partial charge in [0.15, 0.2) is 5.82 Å². The number of amides is 1. The first-order valence-electron chi connectivity index (χ1n) is 8.66. The van der Waals surface area contributed by atoms with Crippen molar-refractivity contribution in [1.29, 1.82) is 0 Å². The number of carbonyl (C=O) groups is 1. The average molecular weight is 476 g/mol. The molecule has 28 heavy (non-hydrogen) atoms. The van der Waals surface area contributed by atoms with Gasteiger partial charge in [0, 0.05) is 38.5 Å². The Morgan fingerprint density at radius 3 is 2.57 bits per heavy atom. The van der Waals surface area contributed by atoms with E-state index in [1.54, 1.807) is 23.5 Å². The highest BCUT2D eigenvalue weighted by atomic mass is 79.9. The average Bonchev–Trinajstić information content (AvgIpc) is 3.23. The molecule has 2 aromatic heterocycles. The van der Waals surface area contributed by atoms with Gasteiger partial charge in [-0.05, 0) is 55.5 Å². The molecule has 0 fully saturated rings. The van der Waals surface area contributed by atoms with E-state index in [1.165, 1.54) is 0 Å². The van der Waals surface area contributed by atoms with Crippen LogP contribution in [-0.4, -0.2) is 27.0 Å². The molecule has 0 aliphatic rings.